The Bertz CT molecular complexity index is 1000. The molecular weight excluding hydrogens is 409 g/mol. The van der Waals surface area contributed by atoms with Crippen molar-refractivity contribution in [2.75, 3.05) is 31.6 Å². The summed E-state index contributed by atoms with van der Waals surface area (Å²) in [7, 11) is 0. The number of carbonyl (C=O) groups excluding carboxylic acids is 2. The standard InChI is InChI=1S/C22H21ClFN3O3/c23-14-5-6-18-16(13-14)21(15-3-1-2-4-17(15)24)25-19(22(29)26-18)7-8-20(28)27-9-11-30-12-10-27/h1-6,13,19H,7-12H2,(H,26,29). The normalized spacial score (nSPS) is 18.9. The fraction of sp³-hybridized carbons (Fsp3) is 0.318. The predicted molar refractivity (Wildman–Crippen MR) is 113 cm³/mol. The Kier molecular flexibility index (Phi) is 6.11. The van der Waals surface area contributed by atoms with Crippen LogP contribution in [0.15, 0.2) is 47.5 Å². The molecule has 0 aliphatic carbocycles. The number of hydrogen-bond donors (Lipinski definition) is 1. The molecule has 2 aliphatic heterocycles. The number of morpholine rings is 1. The number of fused-ring (bicyclic) bond motifs is 1. The molecule has 2 amide bonds. The third-order valence-corrected chi connectivity index (χ3v) is 5.44. The molecule has 0 spiro atoms. The number of carbonyl (C=O) groups is 2. The number of anilines is 1. The van der Waals surface area contributed by atoms with Crippen LogP contribution in [0.5, 0.6) is 0 Å². The van der Waals surface area contributed by atoms with Crippen molar-refractivity contribution < 1.29 is 18.7 Å². The molecule has 0 saturated carbocycles. The van der Waals surface area contributed by atoms with Crippen LogP contribution >= 0.6 is 11.6 Å². The molecule has 0 radical (unpaired) electrons. The Morgan fingerprint density at radius 1 is 1.20 bits per heavy atom. The summed E-state index contributed by atoms with van der Waals surface area (Å²) < 4.78 is 19.9. The maximum atomic E-state index is 14.6. The summed E-state index contributed by atoms with van der Waals surface area (Å²) in [6, 6.07) is 10.4. The summed E-state index contributed by atoms with van der Waals surface area (Å²) in [4.78, 5) is 31.7. The molecule has 2 heterocycles. The highest BCUT2D eigenvalue weighted by Crippen LogP contribution is 2.29. The Hall–Kier alpha value is -2.77. The summed E-state index contributed by atoms with van der Waals surface area (Å²) in [5.41, 5.74) is 1.67. The van der Waals surface area contributed by atoms with Crippen LogP contribution in [0.1, 0.15) is 24.0 Å². The molecule has 1 atom stereocenters. The molecule has 1 saturated heterocycles. The average molecular weight is 430 g/mol. The van der Waals surface area contributed by atoms with Gasteiger partial charge in [0.05, 0.1) is 24.6 Å². The lowest BCUT2D eigenvalue weighted by Gasteiger charge is -2.27. The van der Waals surface area contributed by atoms with Gasteiger partial charge in [0.25, 0.3) is 0 Å². The van der Waals surface area contributed by atoms with Crippen LogP contribution in [0.3, 0.4) is 0 Å². The minimum Gasteiger partial charge on any atom is -0.378 e. The number of hydrogen-bond acceptors (Lipinski definition) is 4. The van der Waals surface area contributed by atoms with E-state index in [-0.39, 0.29) is 30.2 Å². The lowest BCUT2D eigenvalue weighted by atomic mass is 10.00. The van der Waals surface area contributed by atoms with Gasteiger partial charge in [-0.3, -0.25) is 14.6 Å². The van der Waals surface area contributed by atoms with Crippen molar-refractivity contribution in [1.82, 2.24) is 4.90 Å². The van der Waals surface area contributed by atoms with Crippen molar-refractivity contribution in [2.24, 2.45) is 4.99 Å². The van der Waals surface area contributed by atoms with Gasteiger partial charge in [-0.15, -0.1) is 0 Å². The van der Waals surface area contributed by atoms with Gasteiger partial charge in [-0.05, 0) is 36.8 Å². The van der Waals surface area contributed by atoms with Crippen LogP contribution in [0.25, 0.3) is 0 Å². The first-order chi connectivity index (χ1) is 14.5. The number of halogens is 2. The number of aliphatic imine (C=N–C) groups is 1. The van der Waals surface area contributed by atoms with Crippen LogP contribution < -0.4 is 5.32 Å². The first-order valence-electron chi connectivity index (χ1n) is 9.82. The van der Waals surface area contributed by atoms with E-state index >= 15 is 0 Å². The van der Waals surface area contributed by atoms with Crippen LogP contribution in [0.2, 0.25) is 5.02 Å². The highest BCUT2D eigenvalue weighted by molar-refractivity contribution is 6.32. The summed E-state index contributed by atoms with van der Waals surface area (Å²) >= 11 is 6.16. The van der Waals surface area contributed by atoms with E-state index in [1.165, 1.54) is 6.07 Å². The first-order valence-corrected chi connectivity index (χ1v) is 10.2. The molecule has 2 aromatic carbocycles. The molecule has 1 unspecified atom stereocenters. The molecule has 0 aromatic heterocycles. The topological polar surface area (TPSA) is 71.0 Å². The van der Waals surface area contributed by atoms with E-state index in [4.69, 9.17) is 16.3 Å². The van der Waals surface area contributed by atoms with Crippen LogP contribution in [0, 0.1) is 5.82 Å². The van der Waals surface area contributed by atoms with E-state index in [0.717, 1.165) is 0 Å². The molecule has 156 valence electrons. The molecule has 30 heavy (non-hydrogen) atoms. The second-order valence-electron chi connectivity index (χ2n) is 7.18. The predicted octanol–water partition coefficient (Wildman–Crippen LogP) is 3.28. The largest absolute Gasteiger partial charge is 0.378 e. The summed E-state index contributed by atoms with van der Waals surface area (Å²) in [5, 5.41) is 3.29. The number of nitrogens with one attached hydrogen (secondary N) is 1. The van der Waals surface area contributed by atoms with Crippen molar-refractivity contribution in [2.45, 2.75) is 18.9 Å². The van der Waals surface area contributed by atoms with E-state index in [0.29, 0.717) is 48.3 Å². The molecule has 2 aromatic rings. The van der Waals surface area contributed by atoms with Gasteiger partial charge in [0.15, 0.2) is 0 Å². The number of benzodiazepines with no additional fused rings is 1. The lowest BCUT2D eigenvalue weighted by molar-refractivity contribution is -0.135. The molecule has 6 nitrogen and oxygen atoms in total. The van der Waals surface area contributed by atoms with Gasteiger partial charge in [-0.2, -0.15) is 0 Å². The summed E-state index contributed by atoms with van der Waals surface area (Å²) in [5.74, 6) is -0.821. The van der Waals surface area contributed by atoms with Crippen molar-refractivity contribution in [3.63, 3.8) is 0 Å². The maximum Gasteiger partial charge on any atom is 0.249 e. The fourth-order valence-corrected chi connectivity index (χ4v) is 3.79. The summed E-state index contributed by atoms with van der Waals surface area (Å²) in [6.45, 7) is 2.12. The van der Waals surface area contributed by atoms with Gasteiger partial charge >= 0.3 is 0 Å². The van der Waals surface area contributed by atoms with Gasteiger partial charge in [-0.1, -0.05) is 23.7 Å². The number of amides is 2. The first kappa shape index (κ1) is 20.5. The zero-order valence-corrected chi connectivity index (χ0v) is 17.0. The Labute approximate surface area is 178 Å². The van der Waals surface area contributed by atoms with Crippen LogP contribution in [0.4, 0.5) is 10.1 Å². The number of ether oxygens (including phenoxy) is 1. The quantitative estimate of drug-likeness (QED) is 0.810. The third kappa shape index (κ3) is 4.37. The lowest BCUT2D eigenvalue weighted by Crippen LogP contribution is -2.41. The van der Waals surface area contributed by atoms with Gasteiger partial charge < -0.3 is 15.0 Å². The van der Waals surface area contributed by atoms with Crippen LogP contribution in [-0.4, -0.2) is 54.8 Å². The third-order valence-electron chi connectivity index (χ3n) is 5.21. The molecule has 1 N–H and O–H groups in total. The number of benzene rings is 2. The highest BCUT2D eigenvalue weighted by Gasteiger charge is 2.28. The second kappa shape index (κ2) is 8.93. The number of nitrogens with zero attached hydrogens (tertiary/aromatic N) is 2. The van der Waals surface area contributed by atoms with Gasteiger partial charge in [0, 0.05) is 35.7 Å². The van der Waals surface area contributed by atoms with Crippen molar-refractivity contribution >= 4 is 34.8 Å². The van der Waals surface area contributed by atoms with Crippen molar-refractivity contribution in [3.05, 3.63) is 64.4 Å². The van der Waals surface area contributed by atoms with E-state index in [1.807, 2.05) is 0 Å². The van der Waals surface area contributed by atoms with Gasteiger partial charge in [-0.25, -0.2) is 4.39 Å². The van der Waals surface area contributed by atoms with Crippen molar-refractivity contribution in [3.8, 4) is 0 Å². The molecule has 4 rings (SSSR count). The maximum absolute atomic E-state index is 14.6. The minimum atomic E-state index is -0.823. The molecule has 8 heteroatoms. The Balaban J connectivity index is 1.65. The Morgan fingerprint density at radius 2 is 1.97 bits per heavy atom. The molecule has 1 fully saturated rings. The smallest absolute Gasteiger partial charge is 0.249 e. The monoisotopic (exact) mass is 429 g/mol. The zero-order chi connectivity index (χ0) is 21.1. The Morgan fingerprint density at radius 3 is 2.73 bits per heavy atom. The van der Waals surface area contributed by atoms with E-state index in [9.17, 15) is 14.0 Å². The van der Waals surface area contributed by atoms with E-state index < -0.39 is 11.9 Å². The highest BCUT2D eigenvalue weighted by atomic mass is 35.5. The molecular formula is C22H21ClFN3O3. The van der Waals surface area contributed by atoms with Gasteiger partial charge in [0.1, 0.15) is 11.9 Å². The van der Waals surface area contributed by atoms with Gasteiger partial charge in [0.2, 0.25) is 11.8 Å². The molecule has 0 bridgehead atoms. The van der Waals surface area contributed by atoms with E-state index in [2.05, 4.69) is 10.3 Å². The van der Waals surface area contributed by atoms with E-state index in [1.54, 1.807) is 41.3 Å². The summed E-state index contributed by atoms with van der Waals surface area (Å²) in [6.07, 6.45) is 0.394. The van der Waals surface area contributed by atoms with Crippen molar-refractivity contribution in [1.29, 1.82) is 0 Å². The minimum absolute atomic E-state index is 0.0430. The number of rotatable bonds is 4. The zero-order valence-electron chi connectivity index (χ0n) is 16.2. The SMILES string of the molecule is O=C1Nc2ccc(Cl)cc2C(c2ccccc2F)=NC1CCC(=O)N1CCOCC1. The fourth-order valence-electron chi connectivity index (χ4n) is 3.62. The molecule has 2 aliphatic rings. The second-order valence-corrected chi connectivity index (χ2v) is 7.62. The van der Waals surface area contributed by atoms with Crippen LogP contribution in [-0.2, 0) is 14.3 Å². The average Bonchev–Trinajstić information content (AvgIpc) is 2.89.